The number of nitrogens with one attached hydrogen (secondary N) is 2. The normalized spacial score (nSPS) is 18.8. The van der Waals surface area contributed by atoms with E-state index in [1.165, 1.54) is 12.1 Å². The predicted molar refractivity (Wildman–Crippen MR) is 88.7 cm³/mol. The molecule has 6 nitrogen and oxygen atoms in total. The van der Waals surface area contributed by atoms with Crippen molar-refractivity contribution in [2.45, 2.75) is 18.9 Å². The van der Waals surface area contributed by atoms with Gasteiger partial charge in [0.05, 0.1) is 6.54 Å². The Balaban J connectivity index is 1.33. The second kappa shape index (κ2) is 6.43. The summed E-state index contributed by atoms with van der Waals surface area (Å²) in [5.74, 6) is 0.977. The number of benzene rings is 1. The zero-order valence-electron chi connectivity index (χ0n) is 13.3. The molecule has 2 atom stereocenters. The Morgan fingerprint density at radius 3 is 2.88 bits per heavy atom. The number of hydrogen-bond acceptors (Lipinski definition) is 4. The molecule has 3 aromatic rings. The number of nitrogens with zero attached hydrogens (tertiary/aromatic N) is 3. The van der Waals surface area contributed by atoms with Gasteiger partial charge in [-0.05, 0) is 48.2 Å². The number of aromatic amines is 1. The van der Waals surface area contributed by atoms with Crippen molar-refractivity contribution in [1.82, 2.24) is 25.5 Å². The highest BCUT2D eigenvalue weighted by Gasteiger charge is 2.43. The number of aromatic nitrogens is 4. The average molecular weight is 337 g/mol. The molecule has 1 aliphatic rings. The molecule has 0 radical (unpaired) electrons. The van der Waals surface area contributed by atoms with Crippen LogP contribution in [0.3, 0.4) is 0 Å². The van der Waals surface area contributed by atoms with Gasteiger partial charge < -0.3 is 5.32 Å². The number of halogens is 1. The van der Waals surface area contributed by atoms with Gasteiger partial charge in [-0.15, -0.1) is 0 Å². The van der Waals surface area contributed by atoms with Crippen LogP contribution in [0.15, 0.2) is 48.8 Å². The fourth-order valence-electron chi connectivity index (χ4n) is 2.85. The van der Waals surface area contributed by atoms with Crippen LogP contribution in [0.4, 0.5) is 4.39 Å². The molecule has 4 rings (SSSR count). The molecule has 1 fully saturated rings. The second-order valence-corrected chi connectivity index (χ2v) is 6.07. The first-order chi connectivity index (χ1) is 12.2. The molecule has 0 saturated heterocycles. The Morgan fingerprint density at radius 1 is 1.28 bits per heavy atom. The number of carbonyl (C=O) groups excluding carboxylic acids is 1. The van der Waals surface area contributed by atoms with E-state index < -0.39 is 0 Å². The lowest BCUT2D eigenvalue weighted by Crippen LogP contribution is -2.25. The Kier molecular flexibility index (Phi) is 3.97. The van der Waals surface area contributed by atoms with Gasteiger partial charge in [0.25, 0.3) is 0 Å². The summed E-state index contributed by atoms with van der Waals surface area (Å²) >= 11 is 0. The Hall–Kier alpha value is -3.09. The summed E-state index contributed by atoms with van der Waals surface area (Å²) in [4.78, 5) is 20.7. The highest BCUT2D eigenvalue weighted by molar-refractivity contribution is 5.82. The minimum atomic E-state index is -0.306. The Labute approximate surface area is 143 Å². The number of H-pyrrole nitrogens is 1. The molecule has 126 valence electrons. The predicted octanol–water partition coefficient (Wildman–Crippen LogP) is 2.43. The van der Waals surface area contributed by atoms with E-state index >= 15 is 0 Å². The van der Waals surface area contributed by atoms with E-state index in [0.29, 0.717) is 17.2 Å². The first kappa shape index (κ1) is 15.4. The summed E-state index contributed by atoms with van der Waals surface area (Å²) in [5, 5.41) is 9.78. The molecule has 0 spiro atoms. The third kappa shape index (κ3) is 3.40. The molecule has 1 aromatic carbocycles. The molecular formula is C18H16FN5O. The smallest absolute Gasteiger partial charge is 0.224 e. The van der Waals surface area contributed by atoms with Crippen molar-refractivity contribution in [3.8, 4) is 11.4 Å². The highest BCUT2D eigenvalue weighted by atomic mass is 19.1. The topological polar surface area (TPSA) is 83.6 Å². The van der Waals surface area contributed by atoms with E-state index in [0.717, 1.165) is 12.0 Å². The summed E-state index contributed by atoms with van der Waals surface area (Å²) in [6.45, 7) is 0.281. The number of rotatable bonds is 5. The van der Waals surface area contributed by atoms with Crippen LogP contribution in [0, 0.1) is 11.7 Å². The van der Waals surface area contributed by atoms with Gasteiger partial charge >= 0.3 is 0 Å². The molecule has 2 N–H and O–H groups in total. The molecule has 2 heterocycles. The molecular weight excluding hydrogens is 321 g/mol. The minimum absolute atomic E-state index is 0.00795. The van der Waals surface area contributed by atoms with Crippen molar-refractivity contribution in [1.29, 1.82) is 0 Å². The standard InChI is InChI=1S/C18H16FN5O/c19-13-5-3-11(4-6-13)17-22-16(23-24-17)10-21-18(25)15-8-14(15)12-2-1-7-20-9-12/h1-7,9,14-15H,8,10H2,(H,21,25)(H,22,23,24)/t14-,15-/m0/s1. The minimum Gasteiger partial charge on any atom is -0.349 e. The summed E-state index contributed by atoms with van der Waals surface area (Å²) in [6, 6.07) is 9.83. The molecule has 7 heteroatoms. The number of amides is 1. The lowest BCUT2D eigenvalue weighted by Gasteiger charge is -2.02. The van der Waals surface area contributed by atoms with Crippen LogP contribution in [-0.2, 0) is 11.3 Å². The van der Waals surface area contributed by atoms with Gasteiger partial charge in [0.2, 0.25) is 5.91 Å². The molecule has 0 unspecified atom stereocenters. The van der Waals surface area contributed by atoms with E-state index in [9.17, 15) is 9.18 Å². The first-order valence-electron chi connectivity index (χ1n) is 8.05. The zero-order valence-corrected chi connectivity index (χ0v) is 13.3. The fraction of sp³-hybridized carbons (Fsp3) is 0.222. The van der Waals surface area contributed by atoms with Gasteiger partial charge in [-0.1, -0.05) is 6.07 Å². The van der Waals surface area contributed by atoms with Crippen molar-refractivity contribution in [2.24, 2.45) is 5.92 Å². The summed E-state index contributed by atoms with van der Waals surface area (Å²) in [6.07, 6.45) is 4.38. The maximum atomic E-state index is 13.0. The number of hydrogen-bond donors (Lipinski definition) is 2. The Bertz CT molecular complexity index is 878. The molecule has 1 saturated carbocycles. The molecule has 0 bridgehead atoms. The van der Waals surface area contributed by atoms with Crippen LogP contribution in [0.1, 0.15) is 23.7 Å². The van der Waals surface area contributed by atoms with Crippen molar-refractivity contribution < 1.29 is 9.18 Å². The van der Waals surface area contributed by atoms with Gasteiger partial charge in [-0.25, -0.2) is 9.37 Å². The van der Waals surface area contributed by atoms with E-state index in [-0.39, 0.29) is 30.1 Å². The van der Waals surface area contributed by atoms with Crippen molar-refractivity contribution in [2.75, 3.05) is 0 Å². The van der Waals surface area contributed by atoms with Crippen LogP contribution in [0.2, 0.25) is 0 Å². The monoisotopic (exact) mass is 337 g/mol. The van der Waals surface area contributed by atoms with Crippen LogP contribution in [0.5, 0.6) is 0 Å². The highest BCUT2D eigenvalue weighted by Crippen LogP contribution is 2.47. The molecule has 25 heavy (non-hydrogen) atoms. The average Bonchev–Trinajstić information content (AvgIpc) is 3.32. The number of pyridine rings is 1. The van der Waals surface area contributed by atoms with Gasteiger partial charge in [0.15, 0.2) is 5.82 Å². The lowest BCUT2D eigenvalue weighted by molar-refractivity contribution is -0.122. The SMILES string of the molecule is O=C(NCc1nc(-c2ccc(F)cc2)n[nH]1)[C@H]1C[C@H]1c1cccnc1. The van der Waals surface area contributed by atoms with E-state index in [2.05, 4.69) is 25.5 Å². The maximum absolute atomic E-state index is 13.0. The molecule has 2 aromatic heterocycles. The second-order valence-electron chi connectivity index (χ2n) is 6.07. The summed E-state index contributed by atoms with van der Waals surface area (Å²) in [5.41, 5.74) is 1.81. The quantitative estimate of drug-likeness (QED) is 0.749. The van der Waals surface area contributed by atoms with Gasteiger partial charge in [0, 0.05) is 23.9 Å². The van der Waals surface area contributed by atoms with Gasteiger partial charge in [0.1, 0.15) is 11.6 Å². The maximum Gasteiger partial charge on any atom is 0.224 e. The molecule has 1 aliphatic carbocycles. The van der Waals surface area contributed by atoms with Gasteiger partial charge in [-0.3, -0.25) is 14.9 Å². The molecule has 0 aliphatic heterocycles. The number of carbonyl (C=O) groups is 1. The first-order valence-corrected chi connectivity index (χ1v) is 8.05. The van der Waals surface area contributed by atoms with Gasteiger partial charge in [-0.2, -0.15) is 5.10 Å². The van der Waals surface area contributed by atoms with Crippen LogP contribution < -0.4 is 5.32 Å². The Morgan fingerprint density at radius 2 is 2.12 bits per heavy atom. The summed E-state index contributed by atoms with van der Waals surface area (Å²) < 4.78 is 13.0. The zero-order chi connectivity index (χ0) is 17.2. The fourth-order valence-corrected chi connectivity index (χ4v) is 2.85. The van der Waals surface area contributed by atoms with Crippen LogP contribution in [-0.4, -0.2) is 26.1 Å². The van der Waals surface area contributed by atoms with Crippen LogP contribution >= 0.6 is 0 Å². The van der Waals surface area contributed by atoms with Crippen LogP contribution in [0.25, 0.3) is 11.4 Å². The molecule has 1 amide bonds. The third-order valence-electron chi connectivity index (χ3n) is 4.30. The van der Waals surface area contributed by atoms with Crippen molar-refractivity contribution in [3.05, 3.63) is 66.0 Å². The van der Waals surface area contributed by atoms with E-state index in [4.69, 9.17) is 0 Å². The third-order valence-corrected chi connectivity index (χ3v) is 4.30. The van der Waals surface area contributed by atoms with Crippen molar-refractivity contribution >= 4 is 5.91 Å². The van der Waals surface area contributed by atoms with E-state index in [1.807, 2.05) is 18.3 Å². The lowest BCUT2D eigenvalue weighted by atomic mass is 10.1. The van der Waals surface area contributed by atoms with E-state index in [1.54, 1.807) is 18.3 Å². The largest absolute Gasteiger partial charge is 0.349 e. The summed E-state index contributed by atoms with van der Waals surface area (Å²) in [7, 11) is 0. The van der Waals surface area contributed by atoms with Crippen molar-refractivity contribution in [3.63, 3.8) is 0 Å².